The van der Waals surface area contributed by atoms with Crippen LogP contribution in [0.4, 0.5) is 11.4 Å². The first-order valence-corrected chi connectivity index (χ1v) is 10.6. The number of amides is 3. The molecule has 4 rings (SSSR count). The third-order valence-electron chi connectivity index (χ3n) is 6.07. The molecule has 6 nitrogen and oxygen atoms in total. The van der Waals surface area contributed by atoms with Gasteiger partial charge in [0.05, 0.1) is 17.8 Å². The highest BCUT2D eigenvalue weighted by atomic mass is 16.2. The maximum absolute atomic E-state index is 13.6. The Bertz CT molecular complexity index is 953. The zero-order valence-electron chi connectivity index (χ0n) is 17.2. The van der Waals surface area contributed by atoms with Crippen LogP contribution in [-0.4, -0.2) is 29.3 Å². The van der Waals surface area contributed by atoms with Gasteiger partial charge in [0.15, 0.2) is 0 Å². The molecule has 2 aromatic rings. The Labute approximate surface area is 176 Å². The van der Waals surface area contributed by atoms with E-state index >= 15 is 0 Å². The zero-order chi connectivity index (χ0) is 21.1. The van der Waals surface area contributed by atoms with Crippen LogP contribution in [0.15, 0.2) is 54.6 Å². The van der Waals surface area contributed by atoms with Crippen molar-refractivity contribution in [3.8, 4) is 0 Å². The van der Waals surface area contributed by atoms with E-state index in [1.165, 1.54) is 11.3 Å². The Morgan fingerprint density at radius 2 is 1.67 bits per heavy atom. The predicted octanol–water partition coefficient (Wildman–Crippen LogP) is 3.88. The number of para-hydroxylation sites is 2. The summed E-state index contributed by atoms with van der Waals surface area (Å²) in [4.78, 5) is 41.4. The van der Waals surface area contributed by atoms with Gasteiger partial charge in [0.2, 0.25) is 11.8 Å². The summed E-state index contributed by atoms with van der Waals surface area (Å²) in [6, 6.07) is 16.1. The van der Waals surface area contributed by atoms with Crippen LogP contribution >= 0.6 is 0 Å². The number of carbonyl (C=O) groups excluding carboxylic acids is 3. The summed E-state index contributed by atoms with van der Waals surface area (Å²) in [5, 5.41) is 5.99. The lowest BCUT2D eigenvalue weighted by Gasteiger charge is -2.39. The molecular formula is C24H27N3O3. The van der Waals surface area contributed by atoms with Crippen molar-refractivity contribution in [2.24, 2.45) is 0 Å². The van der Waals surface area contributed by atoms with Crippen LogP contribution in [0.1, 0.15) is 55.8 Å². The van der Waals surface area contributed by atoms with Crippen molar-refractivity contribution >= 4 is 29.1 Å². The largest absolute Gasteiger partial charge is 0.351 e. The Kier molecular flexibility index (Phi) is 5.57. The van der Waals surface area contributed by atoms with Gasteiger partial charge in [-0.25, -0.2) is 0 Å². The van der Waals surface area contributed by atoms with Crippen molar-refractivity contribution in [1.29, 1.82) is 0 Å². The number of hydrogen-bond donors (Lipinski definition) is 2. The summed E-state index contributed by atoms with van der Waals surface area (Å²) in [6.07, 6.45) is 5.08. The van der Waals surface area contributed by atoms with Gasteiger partial charge in [-0.05, 0) is 44.0 Å². The van der Waals surface area contributed by atoms with Crippen molar-refractivity contribution in [2.75, 3.05) is 10.2 Å². The molecule has 2 N–H and O–H groups in total. The fourth-order valence-electron chi connectivity index (χ4n) is 4.44. The van der Waals surface area contributed by atoms with E-state index in [2.05, 4.69) is 10.6 Å². The highest BCUT2D eigenvalue weighted by Crippen LogP contribution is 2.38. The van der Waals surface area contributed by atoms with E-state index < -0.39 is 5.54 Å². The number of nitrogens with one attached hydrogen (secondary N) is 2. The molecule has 2 aromatic carbocycles. The first kappa shape index (κ1) is 20.1. The number of benzene rings is 2. The van der Waals surface area contributed by atoms with E-state index in [1.807, 2.05) is 6.07 Å². The van der Waals surface area contributed by atoms with E-state index in [4.69, 9.17) is 0 Å². The minimum atomic E-state index is -1.35. The summed E-state index contributed by atoms with van der Waals surface area (Å²) >= 11 is 0. The normalized spacial score (nSPS) is 21.9. The monoisotopic (exact) mass is 405 g/mol. The van der Waals surface area contributed by atoms with Gasteiger partial charge in [0.1, 0.15) is 5.54 Å². The molecule has 0 spiro atoms. The van der Waals surface area contributed by atoms with Crippen molar-refractivity contribution in [3.63, 3.8) is 0 Å². The lowest BCUT2D eigenvalue weighted by molar-refractivity contribution is -0.130. The lowest BCUT2D eigenvalue weighted by Crippen LogP contribution is -2.61. The second kappa shape index (κ2) is 8.30. The Hall–Kier alpha value is -3.15. The van der Waals surface area contributed by atoms with Gasteiger partial charge in [-0.1, -0.05) is 49.6 Å². The molecule has 30 heavy (non-hydrogen) atoms. The third kappa shape index (κ3) is 3.82. The summed E-state index contributed by atoms with van der Waals surface area (Å²) in [6.45, 7) is 1.69. The summed E-state index contributed by atoms with van der Waals surface area (Å²) < 4.78 is 0. The summed E-state index contributed by atoms with van der Waals surface area (Å²) in [5.74, 6) is -0.876. The van der Waals surface area contributed by atoms with Gasteiger partial charge in [0.25, 0.3) is 5.91 Å². The number of hydrogen-bond acceptors (Lipinski definition) is 3. The first-order chi connectivity index (χ1) is 14.5. The topological polar surface area (TPSA) is 78.5 Å². The van der Waals surface area contributed by atoms with E-state index in [0.717, 1.165) is 25.7 Å². The molecule has 1 fully saturated rings. The van der Waals surface area contributed by atoms with Gasteiger partial charge in [0, 0.05) is 11.6 Å². The molecule has 1 saturated carbocycles. The number of anilines is 2. The van der Waals surface area contributed by atoms with Crippen LogP contribution < -0.4 is 15.5 Å². The van der Waals surface area contributed by atoms with E-state index in [9.17, 15) is 14.4 Å². The van der Waals surface area contributed by atoms with Gasteiger partial charge in [-0.2, -0.15) is 0 Å². The van der Waals surface area contributed by atoms with Crippen LogP contribution in [0.3, 0.4) is 0 Å². The molecule has 156 valence electrons. The minimum absolute atomic E-state index is 0.0818. The Morgan fingerprint density at radius 3 is 2.40 bits per heavy atom. The fourth-order valence-corrected chi connectivity index (χ4v) is 4.44. The van der Waals surface area contributed by atoms with E-state index in [1.54, 1.807) is 55.5 Å². The van der Waals surface area contributed by atoms with Gasteiger partial charge >= 0.3 is 0 Å². The Balaban J connectivity index is 1.78. The van der Waals surface area contributed by atoms with Crippen LogP contribution in [-0.2, 0) is 9.59 Å². The molecule has 6 heteroatoms. The minimum Gasteiger partial charge on any atom is -0.351 e. The highest BCUT2D eigenvalue weighted by molar-refractivity contribution is 6.16. The number of nitrogens with zero attached hydrogens (tertiary/aromatic N) is 1. The molecule has 0 saturated heterocycles. The van der Waals surface area contributed by atoms with Gasteiger partial charge in [-0.15, -0.1) is 0 Å². The molecule has 1 aliphatic heterocycles. The molecule has 0 bridgehead atoms. The molecule has 1 heterocycles. The smallest absolute Gasteiger partial charge is 0.259 e. The molecular weight excluding hydrogens is 378 g/mol. The maximum Gasteiger partial charge on any atom is 0.259 e. The predicted molar refractivity (Wildman–Crippen MR) is 116 cm³/mol. The van der Waals surface area contributed by atoms with Crippen LogP contribution in [0.2, 0.25) is 0 Å². The first-order valence-electron chi connectivity index (χ1n) is 10.6. The summed E-state index contributed by atoms with van der Waals surface area (Å²) in [5.41, 5.74) is 0.180. The molecule has 1 aliphatic carbocycles. The lowest BCUT2D eigenvalue weighted by atomic mass is 9.90. The number of fused-ring (bicyclic) bond motifs is 1. The van der Waals surface area contributed by atoms with Gasteiger partial charge < -0.3 is 10.6 Å². The quantitative estimate of drug-likeness (QED) is 0.813. The van der Waals surface area contributed by atoms with Gasteiger partial charge in [-0.3, -0.25) is 19.3 Å². The van der Waals surface area contributed by atoms with Crippen molar-refractivity contribution in [3.05, 3.63) is 60.2 Å². The van der Waals surface area contributed by atoms with E-state index in [0.29, 0.717) is 16.9 Å². The Morgan fingerprint density at radius 1 is 1.00 bits per heavy atom. The second-order valence-corrected chi connectivity index (χ2v) is 8.33. The van der Waals surface area contributed by atoms with Crippen LogP contribution in [0.25, 0.3) is 0 Å². The average Bonchev–Trinajstić information content (AvgIpc) is 2.87. The maximum atomic E-state index is 13.6. The van der Waals surface area contributed by atoms with Crippen molar-refractivity contribution < 1.29 is 14.4 Å². The highest BCUT2D eigenvalue weighted by Gasteiger charge is 2.48. The van der Waals surface area contributed by atoms with Crippen LogP contribution in [0, 0.1) is 0 Å². The van der Waals surface area contributed by atoms with Crippen molar-refractivity contribution in [2.45, 2.75) is 57.0 Å². The number of carbonyl (C=O) groups is 3. The van der Waals surface area contributed by atoms with Crippen molar-refractivity contribution in [1.82, 2.24) is 5.32 Å². The third-order valence-corrected chi connectivity index (χ3v) is 6.07. The van der Waals surface area contributed by atoms with E-state index in [-0.39, 0.29) is 30.2 Å². The second-order valence-electron chi connectivity index (χ2n) is 8.33. The summed E-state index contributed by atoms with van der Waals surface area (Å²) in [7, 11) is 0. The molecule has 1 unspecified atom stereocenters. The molecule has 0 aromatic heterocycles. The average molecular weight is 405 g/mol. The molecule has 1 atom stereocenters. The number of rotatable bonds is 3. The molecule has 2 aliphatic rings. The molecule has 0 radical (unpaired) electrons. The zero-order valence-corrected chi connectivity index (χ0v) is 17.2. The standard InChI is InChI=1S/C24H27N3O3/c1-24(23(30)25-18-12-6-3-7-13-18)16-21(28)26-19-14-8-9-15-20(19)27(24)22(29)17-10-4-2-5-11-17/h2,4-5,8-11,14-15,18H,3,6-7,12-13,16H2,1H3,(H,25,30)(H,26,28). The van der Waals surface area contributed by atoms with Crippen LogP contribution in [0.5, 0.6) is 0 Å². The molecule has 3 amide bonds. The fraction of sp³-hybridized carbons (Fsp3) is 0.375. The SMILES string of the molecule is CC1(C(=O)NC2CCCCC2)CC(=O)Nc2ccccc2N1C(=O)c1ccccc1.